The predicted molar refractivity (Wildman–Crippen MR) is 128 cm³/mol. The number of benzene rings is 1. The Bertz CT molecular complexity index is 1170. The molecule has 4 rings (SSSR count). The van der Waals surface area contributed by atoms with Gasteiger partial charge >= 0.3 is 0 Å². The number of amides is 2. The second-order valence-electron chi connectivity index (χ2n) is 8.43. The van der Waals surface area contributed by atoms with Gasteiger partial charge in [0.05, 0.1) is 20.5 Å². The van der Waals surface area contributed by atoms with Crippen LogP contribution in [0.25, 0.3) is 0 Å². The van der Waals surface area contributed by atoms with Crippen molar-refractivity contribution in [1.29, 1.82) is 0 Å². The van der Waals surface area contributed by atoms with Crippen molar-refractivity contribution in [2.24, 2.45) is 5.73 Å². The van der Waals surface area contributed by atoms with Crippen molar-refractivity contribution >= 4 is 45.0 Å². The Labute approximate surface area is 208 Å². The maximum absolute atomic E-state index is 13.5. The zero-order valence-corrected chi connectivity index (χ0v) is 20.6. The topological polar surface area (TPSA) is 126 Å². The van der Waals surface area contributed by atoms with Crippen molar-refractivity contribution in [3.8, 4) is 0 Å². The minimum absolute atomic E-state index is 0.0436. The normalized spacial score (nSPS) is 23.6. The van der Waals surface area contributed by atoms with Crippen molar-refractivity contribution in [2.45, 2.75) is 48.8 Å². The molecule has 0 spiro atoms. The van der Waals surface area contributed by atoms with Gasteiger partial charge in [-0.15, -0.1) is 0 Å². The highest BCUT2D eigenvalue weighted by molar-refractivity contribution is 7.89. The molecule has 0 radical (unpaired) electrons. The van der Waals surface area contributed by atoms with Gasteiger partial charge in [-0.3, -0.25) is 14.6 Å². The lowest BCUT2D eigenvalue weighted by Gasteiger charge is -2.32. The van der Waals surface area contributed by atoms with Crippen LogP contribution < -0.4 is 11.1 Å². The van der Waals surface area contributed by atoms with Gasteiger partial charge in [0, 0.05) is 37.6 Å². The number of nitrogens with zero attached hydrogens (tertiary/aromatic N) is 3. The Morgan fingerprint density at radius 2 is 1.79 bits per heavy atom. The molecule has 1 unspecified atom stereocenters. The van der Waals surface area contributed by atoms with Gasteiger partial charge in [-0.05, 0) is 56.0 Å². The molecule has 1 aromatic heterocycles. The van der Waals surface area contributed by atoms with Crippen LogP contribution in [0.1, 0.15) is 36.0 Å². The van der Waals surface area contributed by atoms with Crippen LogP contribution in [-0.4, -0.2) is 65.8 Å². The predicted octanol–water partition coefficient (Wildman–Crippen LogP) is 2.25. The van der Waals surface area contributed by atoms with E-state index in [0.29, 0.717) is 12.8 Å². The number of pyridine rings is 1. The highest BCUT2D eigenvalue weighted by Gasteiger charge is 2.47. The second kappa shape index (κ2) is 10.2. The monoisotopic (exact) mass is 525 g/mol. The van der Waals surface area contributed by atoms with E-state index in [1.54, 1.807) is 12.1 Å². The molecule has 1 aromatic carbocycles. The number of carbonyl (C=O) groups is 2. The second-order valence-corrected chi connectivity index (χ2v) is 11.1. The minimum atomic E-state index is -4.17. The molecular formula is C22H25Cl2N5O4S. The molecule has 1 saturated carbocycles. The van der Waals surface area contributed by atoms with E-state index >= 15 is 0 Å². The van der Waals surface area contributed by atoms with Crippen molar-refractivity contribution in [2.75, 3.05) is 13.1 Å². The number of nitrogens with two attached hydrogens (primary N) is 1. The molecule has 2 heterocycles. The molecular weight excluding hydrogens is 501 g/mol. The van der Waals surface area contributed by atoms with Crippen molar-refractivity contribution in [3.63, 3.8) is 0 Å². The number of carbonyl (C=O) groups excluding carboxylic acids is 2. The maximum Gasteiger partial charge on any atom is 0.259 e. The van der Waals surface area contributed by atoms with Crippen LogP contribution >= 0.6 is 23.2 Å². The lowest BCUT2D eigenvalue weighted by molar-refractivity contribution is -0.128. The van der Waals surface area contributed by atoms with Crippen LogP contribution in [0.4, 0.5) is 0 Å². The summed E-state index contributed by atoms with van der Waals surface area (Å²) in [5.41, 5.74) is 6.22. The summed E-state index contributed by atoms with van der Waals surface area (Å²) in [5.74, 6) is -1.04. The lowest BCUT2D eigenvalue weighted by atomic mass is 9.92. The minimum Gasteiger partial charge on any atom is -0.350 e. The fraction of sp³-hybridized carbons (Fsp3) is 0.409. The third-order valence-corrected chi connectivity index (χ3v) is 8.74. The molecule has 2 fully saturated rings. The Hall–Kier alpha value is -2.24. The first-order chi connectivity index (χ1) is 16.2. The molecule has 3 N–H and O–H groups in total. The van der Waals surface area contributed by atoms with E-state index in [-0.39, 0.29) is 45.7 Å². The first-order valence-corrected chi connectivity index (χ1v) is 13.1. The molecule has 2 aliphatic rings. The molecule has 182 valence electrons. The van der Waals surface area contributed by atoms with E-state index in [2.05, 4.69) is 10.3 Å². The van der Waals surface area contributed by atoms with Crippen LogP contribution in [0.15, 0.2) is 47.6 Å². The summed E-state index contributed by atoms with van der Waals surface area (Å²) in [6.07, 6.45) is 4.46. The number of nitrogens with one attached hydrogen (secondary N) is 1. The van der Waals surface area contributed by atoms with Crippen LogP contribution in [0.2, 0.25) is 10.0 Å². The van der Waals surface area contributed by atoms with Gasteiger partial charge in [0.25, 0.3) is 11.8 Å². The van der Waals surface area contributed by atoms with E-state index in [9.17, 15) is 18.0 Å². The van der Waals surface area contributed by atoms with E-state index in [0.717, 1.165) is 17.1 Å². The number of aromatic nitrogens is 1. The van der Waals surface area contributed by atoms with Crippen LogP contribution in [0.5, 0.6) is 0 Å². The zero-order valence-electron chi connectivity index (χ0n) is 18.2. The van der Waals surface area contributed by atoms with Crippen LogP contribution in [-0.2, 0) is 14.8 Å². The van der Waals surface area contributed by atoms with Gasteiger partial charge < -0.3 is 16.0 Å². The fourth-order valence-electron chi connectivity index (χ4n) is 4.31. The van der Waals surface area contributed by atoms with Crippen molar-refractivity contribution < 1.29 is 18.0 Å². The molecule has 1 aliphatic carbocycles. The average Bonchev–Trinajstić information content (AvgIpc) is 3.28. The SMILES string of the molecule is NC1CCC(NC(=O)C2N(C(=O)c3cccnc3)CCN2S(=O)(=O)c2ccc(Cl)c(Cl)c2)CC1. The molecule has 1 saturated heterocycles. The Kier molecular flexibility index (Phi) is 7.44. The highest BCUT2D eigenvalue weighted by atomic mass is 35.5. The molecule has 1 atom stereocenters. The molecule has 0 bridgehead atoms. The van der Waals surface area contributed by atoms with E-state index < -0.39 is 28.0 Å². The first-order valence-electron chi connectivity index (χ1n) is 10.9. The summed E-state index contributed by atoms with van der Waals surface area (Å²) >= 11 is 12.0. The zero-order chi connectivity index (χ0) is 24.5. The quantitative estimate of drug-likeness (QED) is 0.616. The molecule has 2 amide bonds. The average molecular weight is 526 g/mol. The number of rotatable bonds is 5. The van der Waals surface area contributed by atoms with E-state index in [1.807, 2.05) is 0 Å². The fourth-order valence-corrected chi connectivity index (χ4v) is 6.24. The van der Waals surface area contributed by atoms with E-state index in [4.69, 9.17) is 28.9 Å². The molecule has 2 aromatic rings. The number of hydrogen-bond acceptors (Lipinski definition) is 6. The third kappa shape index (κ3) is 5.06. The van der Waals surface area contributed by atoms with Gasteiger partial charge in [0.2, 0.25) is 10.0 Å². The first kappa shape index (κ1) is 24.9. The number of hydrogen-bond donors (Lipinski definition) is 2. The Morgan fingerprint density at radius 3 is 2.44 bits per heavy atom. The summed E-state index contributed by atoms with van der Waals surface area (Å²) in [5, 5.41) is 3.22. The summed E-state index contributed by atoms with van der Waals surface area (Å²) in [6, 6.07) is 7.07. The van der Waals surface area contributed by atoms with E-state index in [1.165, 1.54) is 35.5 Å². The highest BCUT2D eigenvalue weighted by Crippen LogP contribution is 2.30. The molecule has 12 heteroatoms. The largest absolute Gasteiger partial charge is 0.350 e. The van der Waals surface area contributed by atoms with Gasteiger partial charge in [0.15, 0.2) is 6.17 Å². The van der Waals surface area contributed by atoms with Gasteiger partial charge in [-0.25, -0.2) is 8.42 Å². The summed E-state index contributed by atoms with van der Waals surface area (Å²) in [6.45, 7) is -0.00981. The molecule has 34 heavy (non-hydrogen) atoms. The standard InChI is InChI=1S/C22H25Cl2N5O4S/c23-18-8-7-17(12-19(18)24)34(32,33)29-11-10-28(22(31)14-2-1-9-26-13-14)21(29)20(30)27-16-5-3-15(25)4-6-16/h1-2,7-9,12-13,15-16,21H,3-6,10-11,25H2,(H,27,30). The van der Waals surface area contributed by atoms with Gasteiger partial charge in [-0.2, -0.15) is 4.31 Å². The third-order valence-electron chi connectivity index (χ3n) is 6.15. The van der Waals surface area contributed by atoms with Crippen molar-refractivity contribution in [3.05, 3.63) is 58.3 Å². The number of halogens is 2. The lowest BCUT2D eigenvalue weighted by Crippen LogP contribution is -2.56. The van der Waals surface area contributed by atoms with Gasteiger partial charge in [-0.1, -0.05) is 23.2 Å². The summed E-state index contributed by atoms with van der Waals surface area (Å²) in [4.78, 5) is 31.8. The van der Waals surface area contributed by atoms with Crippen molar-refractivity contribution in [1.82, 2.24) is 19.5 Å². The smallest absolute Gasteiger partial charge is 0.259 e. The summed E-state index contributed by atoms with van der Waals surface area (Å²) < 4.78 is 28.1. The Balaban J connectivity index is 1.66. The molecule has 9 nitrogen and oxygen atoms in total. The van der Waals surface area contributed by atoms with Gasteiger partial charge in [0.1, 0.15) is 0 Å². The number of sulfonamides is 1. The van der Waals surface area contributed by atoms with Crippen LogP contribution in [0.3, 0.4) is 0 Å². The van der Waals surface area contributed by atoms with Crippen LogP contribution in [0, 0.1) is 0 Å². The Morgan fingerprint density at radius 1 is 1.06 bits per heavy atom. The summed E-state index contributed by atoms with van der Waals surface area (Å²) in [7, 11) is -4.17. The molecule has 1 aliphatic heterocycles. The maximum atomic E-state index is 13.5.